The van der Waals surface area contributed by atoms with Crippen LogP contribution in [0.5, 0.6) is 0 Å². The van der Waals surface area contributed by atoms with Crippen LogP contribution in [0.15, 0.2) is 21.9 Å². The van der Waals surface area contributed by atoms with Gasteiger partial charge in [0.05, 0.1) is 5.25 Å². The van der Waals surface area contributed by atoms with Crippen LogP contribution in [0.1, 0.15) is 29.3 Å². The van der Waals surface area contributed by atoms with Crippen molar-refractivity contribution in [2.24, 2.45) is 0 Å². The number of aryl methyl sites for hydroxylation is 4. The highest BCUT2D eigenvalue weighted by Gasteiger charge is 2.17. The highest BCUT2D eigenvalue weighted by Crippen LogP contribution is 2.28. The van der Waals surface area contributed by atoms with E-state index in [1.807, 2.05) is 33.1 Å². The lowest BCUT2D eigenvalue weighted by Crippen LogP contribution is -2.23. The van der Waals surface area contributed by atoms with Gasteiger partial charge in [0, 0.05) is 16.8 Å². The molecule has 1 atom stereocenters. The third-order valence-corrected chi connectivity index (χ3v) is 5.36. The molecule has 0 aliphatic rings. The van der Waals surface area contributed by atoms with Crippen LogP contribution < -0.4 is 5.32 Å². The molecule has 1 aromatic carbocycles. The Kier molecular flexibility index (Phi) is 5.06. The van der Waals surface area contributed by atoms with E-state index in [0.717, 1.165) is 26.8 Å². The van der Waals surface area contributed by atoms with E-state index < -0.39 is 0 Å². The minimum absolute atomic E-state index is 0.0166. The molecule has 112 valence electrons. The van der Waals surface area contributed by atoms with Crippen LogP contribution in [-0.2, 0) is 4.79 Å². The number of anilines is 1. The largest absolute Gasteiger partial charge is 0.325 e. The second-order valence-electron chi connectivity index (χ2n) is 5.28. The molecule has 0 spiro atoms. The maximum Gasteiger partial charge on any atom is 0.237 e. The number of rotatable bonds is 4. The molecule has 2 aromatic rings. The standard InChI is InChI=1S/C16H20N2OS2/c1-9-6-10(2)14(11(3)7-9)18-15(19)13(5)21-16-17-12(4)8-20-16/h6-8,13H,1-5H3,(H,18,19)/t13-/m0/s1. The molecular weight excluding hydrogens is 300 g/mol. The smallest absolute Gasteiger partial charge is 0.237 e. The monoisotopic (exact) mass is 320 g/mol. The van der Waals surface area contributed by atoms with Crippen molar-refractivity contribution in [1.29, 1.82) is 0 Å². The summed E-state index contributed by atoms with van der Waals surface area (Å²) in [5.74, 6) is 0.0166. The van der Waals surface area contributed by atoms with E-state index in [2.05, 4.69) is 29.4 Å². The number of carbonyl (C=O) groups excluding carboxylic acids is 1. The number of benzene rings is 1. The molecule has 2 rings (SSSR count). The lowest BCUT2D eigenvalue weighted by molar-refractivity contribution is -0.115. The second kappa shape index (κ2) is 6.62. The number of nitrogens with zero attached hydrogens (tertiary/aromatic N) is 1. The van der Waals surface area contributed by atoms with Crippen LogP contribution in [0, 0.1) is 27.7 Å². The maximum absolute atomic E-state index is 12.4. The lowest BCUT2D eigenvalue weighted by atomic mass is 10.1. The molecule has 1 aromatic heterocycles. The van der Waals surface area contributed by atoms with Gasteiger partial charge in [0.1, 0.15) is 0 Å². The third kappa shape index (κ3) is 4.08. The van der Waals surface area contributed by atoms with Gasteiger partial charge in [-0.3, -0.25) is 4.79 Å². The molecule has 0 saturated carbocycles. The van der Waals surface area contributed by atoms with Crippen molar-refractivity contribution < 1.29 is 4.79 Å². The van der Waals surface area contributed by atoms with Crippen molar-refractivity contribution >= 4 is 34.7 Å². The van der Waals surface area contributed by atoms with Crippen molar-refractivity contribution in [3.05, 3.63) is 39.9 Å². The maximum atomic E-state index is 12.4. The number of carbonyl (C=O) groups is 1. The average Bonchev–Trinajstić information content (AvgIpc) is 2.78. The van der Waals surface area contributed by atoms with Crippen molar-refractivity contribution in [3.63, 3.8) is 0 Å². The van der Waals surface area contributed by atoms with Crippen LogP contribution >= 0.6 is 23.1 Å². The van der Waals surface area contributed by atoms with Crippen LogP contribution in [0.4, 0.5) is 5.69 Å². The molecule has 5 heteroatoms. The molecule has 0 aliphatic heterocycles. The average molecular weight is 320 g/mol. The van der Waals surface area contributed by atoms with Crippen LogP contribution in [-0.4, -0.2) is 16.1 Å². The second-order valence-corrected chi connectivity index (χ2v) is 7.72. The molecule has 0 fully saturated rings. The zero-order valence-electron chi connectivity index (χ0n) is 13.0. The van der Waals surface area contributed by atoms with Gasteiger partial charge in [-0.25, -0.2) is 4.98 Å². The Hall–Kier alpha value is -1.33. The number of thioether (sulfide) groups is 1. The highest BCUT2D eigenvalue weighted by atomic mass is 32.2. The summed E-state index contributed by atoms with van der Waals surface area (Å²) >= 11 is 3.08. The summed E-state index contributed by atoms with van der Waals surface area (Å²) in [4.78, 5) is 16.7. The first-order valence-corrected chi connectivity index (χ1v) is 8.60. The van der Waals surface area contributed by atoms with Gasteiger partial charge in [0.15, 0.2) is 4.34 Å². The summed E-state index contributed by atoms with van der Waals surface area (Å²) in [5.41, 5.74) is 5.34. The van der Waals surface area contributed by atoms with Gasteiger partial charge in [-0.05, 0) is 45.7 Å². The first-order valence-electron chi connectivity index (χ1n) is 6.84. The minimum atomic E-state index is -0.171. The van der Waals surface area contributed by atoms with Gasteiger partial charge < -0.3 is 5.32 Å². The van der Waals surface area contributed by atoms with Crippen molar-refractivity contribution in [2.45, 2.75) is 44.2 Å². The van der Waals surface area contributed by atoms with Crippen LogP contribution in [0.2, 0.25) is 0 Å². The fourth-order valence-corrected chi connectivity index (χ4v) is 4.18. The number of aromatic nitrogens is 1. The third-order valence-electron chi connectivity index (χ3n) is 3.17. The zero-order chi connectivity index (χ0) is 15.6. The predicted molar refractivity (Wildman–Crippen MR) is 91.5 cm³/mol. The summed E-state index contributed by atoms with van der Waals surface area (Å²) < 4.78 is 0.938. The van der Waals surface area contributed by atoms with E-state index in [0.29, 0.717) is 0 Å². The number of thiazole rings is 1. The van der Waals surface area contributed by atoms with Gasteiger partial charge in [0.25, 0.3) is 0 Å². The molecule has 0 saturated heterocycles. The van der Waals surface area contributed by atoms with E-state index in [1.54, 1.807) is 11.3 Å². The summed E-state index contributed by atoms with van der Waals surface area (Å²) in [6, 6.07) is 4.18. The molecule has 0 aliphatic carbocycles. The number of hydrogen-bond donors (Lipinski definition) is 1. The predicted octanol–water partition coefficient (Wildman–Crippen LogP) is 4.50. The summed E-state index contributed by atoms with van der Waals surface area (Å²) in [6.07, 6.45) is 0. The fourth-order valence-electron chi connectivity index (χ4n) is 2.19. The van der Waals surface area contributed by atoms with E-state index >= 15 is 0 Å². The molecule has 0 unspecified atom stereocenters. The Labute approximate surface area is 134 Å². The molecule has 3 nitrogen and oxygen atoms in total. The molecule has 0 radical (unpaired) electrons. The Morgan fingerprint density at radius 1 is 1.24 bits per heavy atom. The quantitative estimate of drug-likeness (QED) is 0.844. The SMILES string of the molecule is Cc1cc(C)c(NC(=O)[C@H](C)Sc2nc(C)cs2)c(C)c1. The van der Waals surface area contributed by atoms with Crippen molar-refractivity contribution in [1.82, 2.24) is 4.98 Å². The molecule has 1 heterocycles. The lowest BCUT2D eigenvalue weighted by Gasteiger charge is -2.15. The Balaban J connectivity index is 2.07. The van der Waals surface area contributed by atoms with E-state index in [4.69, 9.17) is 0 Å². The molecule has 1 N–H and O–H groups in total. The van der Waals surface area contributed by atoms with Gasteiger partial charge >= 0.3 is 0 Å². The summed E-state index contributed by atoms with van der Waals surface area (Å²) in [7, 11) is 0. The molecule has 21 heavy (non-hydrogen) atoms. The Morgan fingerprint density at radius 2 is 1.86 bits per heavy atom. The number of amides is 1. The van der Waals surface area contributed by atoms with Crippen LogP contribution in [0.25, 0.3) is 0 Å². The van der Waals surface area contributed by atoms with Crippen molar-refractivity contribution in [2.75, 3.05) is 5.32 Å². The molecular formula is C16H20N2OS2. The molecule has 1 amide bonds. The van der Waals surface area contributed by atoms with Crippen LogP contribution in [0.3, 0.4) is 0 Å². The Morgan fingerprint density at radius 3 is 2.38 bits per heavy atom. The van der Waals surface area contributed by atoms with Crippen molar-refractivity contribution in [3.8, 4) is 0 Å². The van der Waals surface area contributed by atoms with Gasteiger partial charge in [-0.2, -0.15) is 0 Å². The van der Waals surface area contributed by atoms with Gasteiger partial charge in [-0.1, -0.05) is 29.5 Å². The normalized spacial score (nSPS) is 12.2. The first-order chi connectivity index (χ1) is 9.86. The molecule has 0 bridgehead atoms. The summed E-state index contributed by atoms with van der Waals surface area (Å²) in [5, 5.41) is 4.88. The topological polar surface area (TPSA) is 42.0 Å². The van der Waals surface area contributed by atoms with Gasteiger partial charge in [0.2, 0.25) is 5.91 Å². The number of hydrogen-bond acceptors (Lipinski definition) is 4. The van der Waals surface area contributed by atoms with E-state index in [-0.39, 0.29) is 11.2 Å². The zero-order valence-corrected chi connectivity index (χ0v) is 14.6. The van der Waals surface area contributed by atoms with E-state index in [1.165, 1.54) is 17.3 Å². The summed E-state index contributed by atoms with van der Waals surface area (Å²) in [6.45, 7) is 9.99. The fraction of sp³-hybridized carbons (Fsp3) is 0.375. The Bertz CT molecular complexity index is 641. The minimum Gasteiger partial charge on any atom is -0.325 e. The van der Waals surface area contributed by atoms with E-state index in [9.17, 15) is 4.79 Å². The first kappa shape index (κ1) is 16.0. The van der Waals surface area contributed by atoms with Gasteiger partial charge in [-0.15, -0.1) is 11.3 Å². The highest BCUT2D eigenvalue weighted by molar-refractivity contribution is 8.02. The number of nitrogens with one attached hydrogen (secondary N) is 1.